The molecule has 3 heteroatoms. The lowest BCUT2D eigenvalue weighted by Crippen LogP contribution is -2.40. The molecule has 0 aromatic heterocycles. The van der Waals surface area contributed by atoms with E-state index in [1.54, 1.807) is 0 Å². The summed E-state index contributed by atoms with van der Waals surface area (Å²) < 4.78 is 5.77. The standard InChI is InChI=1S/C33H66O2Si/c1-6-10-14-15-16-17-18-19-20-21-22-23-24-25-26-27-28-35-33(34)32(5)36(29-11-7-2,30-12-8-3)31-13-9-4/h5-31H2,1-4H3. The maximum Gasteiger partial charge on any atom is 0.329 e. The molecule has 214 valence electrons. The monoisotopic (exact) mass is 522 g/mol. The van der Waals surface area contributed by atoms with E-state index in [-0.39, 0.29) is 5.97 Å². The van der Waals surface area contributed by atoms with Gasteiger partial charge in [0.1, 0.15) is 0 Å². The lowest BCUT2D eigenvalue weighted by Gasteiger charge is -2.33. The fraction of sp³-hybridized carbons (Fsp3) is 0.909. The first-order valence-electron chi connectivity index (χ1n) is 16.4. The van der Waals surface area contributed by atoms with Crippen LogP contribution < -0.4 is 0 Å². The Morgan fingerprint density at radius 1 is 0.500 bits per heavy atom. The van der Waals surface area contributed by atoms with E-state index < -0.39 is 8.07 Å². The van der Waals surface area contributed by atoms with Crippen molar-refractivity contribution in [2.75, 3.05) is 6.61 Å². The summed E-state index contributed by atoms with van der Waals surface area (Å²) >= 11 is 0. The van der Waals surface area contributed by atoms with Crippen LogP contribution in [0.4, 0.5) is 0 Å². The Morgan fingerprint density at radius 2 is 0.806 bits per heavy atom. The van der Waals surface area contributed by atoms with Gasteiger partial charge in [-0.3, -0.25) is 0 Å². The van der Waals surface area contributed by atoms with Gasteiger partial charge in [-0.1, -0.05) is 187 Å². The molecule has 36 heavy (non-hydrogen) atoms. The molecule has 0 aliphatic rings. The minimum atomic E-state index is -1.81. The summed E-state index contributed by atoms with van der Waals surface area (Å²) in [5.74, 6) is -0.0639. The highest BCUT2D eigenvalue weighted by Crippen LogP contribution is 2.34. The number of ether oxygens (including phenoxy) is 1. The van der Waals surface area contributed by atoms with Crippen molar-refractivity contribution in [2.24, 2.45) is 0 Å². The van der Waals surface area contributed by atoms with E-state index in [1.807, 2.05) is 0 Å². The van der Waals surface area contributed by atoms with Crippen LogP contribution in [0.2, 0.25) is 18.1 Å². The molecule has 0 aliphatic heterocycles. The van der Waals surface area contributed by atoms with Gasteiger partial charge in [0.2, 0.25) is 0 Å². The van der Waals surface area contributed by atoms with Gasteiger partial charge in [-0.05, 0) is 6.42 Å². The van der Waals surface area contributed by atoms with E-state index in [4.69, 9.17) is 4.74 Å². The third-order valence-electron chi connectivity index (χ3n) is 8.14. The minimum Gasteiger partial charge on any atom is -0.463 e. The van der Waals surface area contributed by atoms with Gasteiger partial charge < -0.3 is 4.74 Å². The predicted molar refractivity (Wildman–Crippen MR) is 165 cm³/mol. The summed E-state index contributed by atoms with van der Waals surface area (Å²) in [6, 6.07) is 3.66. The number of carbonyl (C=O) groups is 1. The zero-order chi connectivity index (χ0) is 26.7. The average Bonchev–Trinajstić information content (AvgIpc) is 2.89. The number of esters is 1. The van der Waals surface area contributed by atoms with Gasteiger partial charge in [-0.2, -0.15) is 0 Å². The molecular weight excluding hydrogens is 456 g/mol. The Bertz CT molecular complexity index is 480. The van der Waals surface area contributed by atoms with Crippen LogP contribution in [0.3, 0.4) is 0 Å². The molecule has 0 bridgehead atoms. The molecular formula is C33H66O2Si. The normalized spacial score (nSPS) is 11.7. The van der Waals surface area contributed by atoms with Crippen LogP contribution in [0.25, 0.3) is 0 Å². The largest absolute Gasteiger partial charge is 0.463 e. The lowest BCUT2D eigenvalue weighted by molar-refractivity contribution is -0.138. The second kappa shape index (κ2) is 26.1. The molecule has 0 N–H and O–H groups in total. The summed E-state index contributed by atoms with van der Waals surface area (Å²) in [6.07, 6.45) is 29.1. The van der Waals surface area contributed by atoms with E-state index >= 15 is 0 Å². The first-order valence-corrected chi connectivity index (χ1v) is 19.1. The van der Waals surface area contributed by atoms with Crippen molar-refractivity contribution in [3.8, 4) is 0 Å². The first-order chi connectivity index (χ1) is 17.6. The van der Waals surface area contributed by atoms with Crippen LogP contribution in [0.5, 0.6) is 0 Å². The molecule has 0 spiro atoms. The molecule has 0 saturated carbocycles. The zero-order valence-electron chi connectivity index (χ0n) is 25.4. The minimum absolute atomic E-state index is 0.0639. The second-order valence-electron chi connectivity index (χ2n) is 11.5. The van der Waals surface area contributed by atoms with Crippen molar-refractivity contribution in [2.45, 2.75) is 187 Å². The van der Waals surface area contributed by atoms with Gasteiger partial charge in [0.25, 0.3) is 0 Å². The molecule has 0 atom stereocenters. The molecule has 0 aliphatic carbocycles. The highest BCUT2D eigenvalue weighted by atomic mass is 28.3. The fourth-order valence-electron chi connectivity index (χ4n) is 5.49. The van der Waals surface area contributed by atoms with Gasteiger partial charge in [0.05, 0.1) is 14.7 Å². The van der Waals surface area contributed by atoms with Crippen LogP contribution >= 0.6 is 0 Å². The zero-order valence-corrected chi connectivity index (χ0v) is 26.4. The second-order valence-corrected chi connectivity index (χ2v) is 16.2. The molecule has 0 aromatic carbocycles. The van der Waals surface area contributed by atoms with E-state index in [2.05, 4.69) is 34.3 Å². The summed E-state index contributed by atoms with van der Waals surface area (Å²) in [6.45, 7) is 14.0. The molecule has 2 nitrogen and oxygen atoms in total. The summed E-state index contributed by atoms with van der Waals surface area (Å²) in [4.78, 5) is 13.0. The first kappa shape index (κ1) is 35.4. The van der Waals surface area contributed by atoms with Crippen LogP contribution in [-0.2, 0) is 9.53 Å². The van der Waals surface area contributed by atoms with E-state index in [1.165, 1.54) is 153 Å². The summed E-state index contributed by atoms with van der Waals surface area (Å²) in [5, 5.41) is 0.898. The van der Waals surface area contributed by atoms with Gasteiger partial charge in [0.15, 0.2) is 0 Å². The highest BCUT2D eigenvalue weighted by Gasteiger charge is 2.38. The molecule has 0 aromatic rings. The Morgan fingerprint density at radius 3 is 1.14 bits per heavy atom. The van der Waals surface area contributed by atoms with Crippen molar-refractivity contribution >= 4 is 14.0 Å². The average molecular weight is 523 g/mol. The van der Waals surface area contributed by atoms with Crippen molar-refractivity contribution in [1.29, 1.82) is 0 Å². The van der Waals surface area contributed by atoms with Crippen LogP contribution in [0.1, 0.15) is 169 Å². The topological polar surface area (TPSA) is 26.3 Å². The maximum atomic E-state index is 13.0. The number of rotatable bonds is 28. The molecule has 0 unspecified atom stereocenters. The number of hydrogen-bond acceptors (Lipinski definition) is 2. The number of unbranched alkanes of at least 4 members (excludes halogenated alkanes) is 18. The quantitative estimate of drug-likeness (QED) is 0.0442. The van der Waals surface area contributed by atoms with Crippen LogP contribution in [0.15, 0.2) is 11.8 Å². The Labute approximate surface area is 228 Å². The molecule has 0 rings (SSSR count). The molecule has 0 radical (unpaired) electrons. The van der Waals surface area contributed by atoms with E-state index in [9.17, 15) is 4.79 Å². The SMILES string of the molecule is C=C(C(=O)OCCCCCCCCCCCCCCCCCC)[Si](CCCC)(CCCC)CCCC. The lowest BCUT2D eigenvalue weighted by atomic mass is 10.0. The summed E-state index contributed by atoms with van der Waals surface area (Å²) in [5.41, 5.74) is 0. The Kier molecular flexibility index (Phi) is 25.6. The van der Waals surface area contributed by atoms with Crippen molar-refractivity contribution in [1.82, 2.24) is 0 Å². The van der Waals surface area contributed by atoms with Crippen LogP contribution in [-0.4, -0.2) is 20.7 Å². The Balaban J connectivity index is 3.93. The molecule has 0 fully saturated rings. The predicted octanol–water partition coefficient (Wildman–Crippen LogP) is 11.7. The van der Waals surface area contributed by atoms with Crippen molar-refractivity contribution in [3.63, 3.8) is 0 Å². The maximum absolute atomic E-state index is 13.0. The number of carbonyl (C=O) groups excluding carboxylic acids is 1. The smallest absolute Gasteiger partial charge is 0.329 e. The third-order valence-corrected chi connectivity index (χ3v) is 13.6. The van der Waals surface area contributed by atoms with Gasteiger partial charge in [0, 0.05) is 5.20 Å². The van der Waals surface area contributed by atoms with Gasteiger partial charge in [-0.15, -0.1) is 0 Å². The van der Waals surface area contributed by atoms with Gasteiger partial charge in [-0.25, -0.2) is 4.79 Å². The van der Waals surface area contributed by atoms with E-state index in [0.29, 0.717) is 6.61 Å². The highest BCUT2D eigenvalue weighted by molar-refractivity contribution is 6.90. The van der Waals surface area contributed by atoms with Crippen LogP contribution in [0, 0.1) is 0 Å². The van der Waals surface area contributed by atoms with Crippen molar-refractivity contribution in [3.05, 3.63) is 11.8 Å². The molecule has 0 heterocycles. The number of hydrogen-bond donors (Lipinski definition) is 0. The summed E-state index contributed by atoms with van der Waals surface area (Å²) in [7, 11) is -1.81. The van der Waals surface area contributed by atoms with Gasteiger partial charge >= 0.3 is 5.97 Å². The molecule has 0 saturated heterocycles. The van der Waals surface area contributed by atoms with E-state index in [0.717, 1.165) is 11.6 Å². The Hall–Kier alpha value is -0.573. The fourth-order valence-corrected chi connectivity index (χ4v) is 10.7. The van der Waals surface area contributed by atoms with Crippen molar-refractivity contribution < 1.29 is 9.53 Å². The third kappa shape index (κ3) is 18.6. The molecule has 0 amide bonds.